The molecule has 0 radical (unpaired) electrons. The van der Waals surface area contributed by atoms with Gasteiger partial charge in [0.25, 0.3) is 5.91 Å². The van der Waals surface area contributed by atoms with Crippen LogP contribution in [0.15, 0.2) is 65.1 Å². The highest BCUT2D eigenvalue weighted by Gasteiger charge is 2.26. The van der Waals surface area contributed by atoms with Crippen LogP contribution in [0, 0.1) is 6.92 Å². The van der Waals surface area contributed by atoms with Crippen molar-refractivity contribution >= 4 is 39.2 Å². The van der Waals surface area contributed by atoms with Crippen molar-refractivity contribution < 1.29 is 18.7 Å². The number of carbonyl (C=O) groups excluding carboxylic acids is 2. The molecule has 4 aromatic rings. The van der Waals surface area contributed by atoms with Gasteiger partial charge in [-0.05, 0) is 31.5 Å². The third-order valence-electron chi connectivity index (χ3n) is 4.50. The number of furan rings is 1. The van der Waals surface area contributed by atoms with Crippen LogP contribution in [0.3, 0.4) is 0 Å². The Morgan fingerprint density at radius 1 is 1.07 bits per heavy atom. The van der Waals surface area contributed by atoms with Crippen molar-refractivity contribution in [3.8, 4) is 11.1 Å². The van der Waals surface area contributed by atoms with E-state index in [1.807, 2.05) is 55.5 Å². The number of anilines is 1. The van der Waals surface area contributed by atoms with Gasteiger partial charge in [0.05, 0.1) is 6.61 Å². The zero-order chi connectivity index (χ0) is 20.4. The summed E-state index contributed by atoms with van der Waals surface area (Å²) in [6, 6.07) is 18.7. The molecule has 146 valence electrons. The second kappa shape index (κ2) is 7.93. The number of para-hydroxylation sites is 1. The topological polar surface area (TPSA) is 68.5 Å². The van der Waals surface area contributed by atoms with E-state index in [1.54, 1.807) is 19.1 Å². The Kier molecular flexibility index (Phi) is 5.18. The van der Waals surface area contributed by atoms with E-state index >= 15 is 0 Å². The molecule has 1 amide bonds. The van der Waals surface area contributed by atoms with Crippen LogP contribution in [0.5, 0.6) is 0 Å². The molecule has 1 N–H and O–H groups in total. The van der Waals surface area contributed by atoms with E-state index in [0.717, 1.165) is 21.4 Å². The maximum absolute atomic E-state index is 12.8. The summed E-state index contributed by atoms with van der Waals surface area (Å²) in [4.78, 5) is 26.5. The Labute approximate surface area is 171 Å². The van der Waals surface area contributed by atoms with Gasteiger partial charge in [0.2, 0.25) is 0 Å². The number of rotatable bonds is 5. The largest absolute Gasteiger partial charge is 0.462 e. The summed E-state index contributed by atoms with van der Waals surface area (Å²) in [5, 5.41) is 4.14. The molecule has 6 heteroatoms. The molecule has 2 aromatic carbocycles. The fourth-order valence-corrected chi connectivity index (χ4v) is 4.30. The molecule has 0 saturated carbocycles. The van der Waals surface area contributed by atoms with Crippen LogP contribution in [-0.2, 0) is 4.74 Å². The van der Waals surface area contributed by atoms with Gasteiger partial charge in [-0.3, -0.25) is 4.79 Å². The first-order valence-electron chi connectivity index (χ1n) is 9.24. The minimum atomic E-state index is -0.462. The maximum atomic E-state index is 12.8. The maximum Gasteiger partial charge on any atom is 0.341 e. The number of esters is 1. The average molecular weight is 405 g/mol. The third kappa shape index (κ3) is 3.67. The Hall–Kier alpha value is -3.38. The third-order valence-corrected chi connectivity index (χ3v) is 5.52. The number of benzene rings is 2. The summed E-state index contributed by atoms with van der Waals surface area (Å²) in [5.74, 6) is -0.684. The van der Waals surface area contributed by atoms with Crippen molar-refractivity contribution in [1.82, 2.24) is 0 Å². The van der Waals surface area contributed by atoms with E-state index in [9.17, 15) is 9.59 Å². The molecular weight excluding hydrogens is 386 g/mol. The lowest BCUT2D eigenvalue weighted by atomic mass is 10.0. The standard InChI is InChI=1S/C23H19NO4S/c1-3-27-23(26)20-19(15-9-5-4-6-10-15)14(2)29-22(20)24-21(25)18-13-16-11-7-8-12-17(16)28-18/h4-13H,3H2,1-2H3,(H,24,25). The van der Waals surface area contributed by atoms with E-state index in [2.05, 4.69) is 5.32 Å². The molecule has 4 rings (SSSR count). The van der Waals surface area contributed by atoms with Gasteiger partial charge in [0.1, 0.15) is 16.1 Å². The van der Waals surface area contributed by atoms with Gasteiger partial charge in [-0.15, -0.1) is 11.3 Å². The van der Waals surface area contributed by atoms with Gasteiger partial charge in [0.15, 0.2) is 5.76 Å². The molecule has 0 bridgehead atoms. The van der Waals surface area contributed by atoms with E-state index < -0.39 is 11.9 Å². The smallest absolute Gasteiger partial charge is 0.341 e. The minimum Gasteiger partial charge on any atom is -0.462 e. The molecule has 0 spiro atoms. The summed E-state index contributed by atoms with van der Waals surface area (Å²) < 4.78 is 10.9. The molecule has 0 unspecified atom stereocenters. The zero-order valence-corrected chi connectivity index (χ0v) is 16.8. The molecule has 0 aliphatic rings. The van der Waals surface area contributed by atoms with Crippen molar-refractivity contribution in [3.05, 3.63) is 76.9 Å². The number of hydrogen-bond acceptors (Lipinski definition) is 5. The van der Waals surface area contributed by atoms with Crippen LogP contribution in [0.25, 0.3) is 22.1 Å². The highest BCUT2D eigenvalue weighted by molar-refractivity contribution is 7.17. The van der Waals surface area contributed by atoms with Crippen molar-refractivity contribution in [2.75, 3.05) is 11.9 Å². The molecule has 29 heavy (non-hydrogen) atoms. The summed E-state index contributed by atoms with van der Waals surface area (Å²) >= 11 is 1.35. The number of amides is 1. The predicted octanol–water partition coefficient (Wildman–Crippen LogP) is 5.90. The number of hydrogen-bond donors (Lipinski definition) is 1. The molecule has 0 saturated heterocycles. The van der Waals surface area contributed by atoms with Crippen LogP contribution < -0.4 is 5.32 Å². The van der Waals surface area contributed by atoms with Crippen molar-refractivity contribution in [2.45, 2.75) is 13.8 Å². The SMILES string of the molecule is CCOC(=O)c1c(NC(=O)c2cc3ccccc3o2)sc(C)c1-c1ccccc1. The van der Waals surface area contributed by atoms with Crippen molar-refractivity contribution in [3.63, 3.8) is 0 Å². The first kappa shape index (κ1) is 19.0. The predicted molar refractivity (Wildman–Crippen MR) is 115 cm³/mol. The van der Waals surface area contributed by atoms with Crippen molar-refractivity contribution in [1.29, 1.82) is 0 Å². The first-order chi connectivity index (χ1) is 14.1. The number of fused-ring (bicyclic) bond motifs is 1. The summed E-state index contributed by atoms with van der Waals surface area (Å²) in [5.41, 5.74) is 2.67. The van der Waals surface area contributed by atoms with Gasteiger partial charge in [-0.2, -0.15) is 0 Å². The van der Waals surface area contributed by atoms with Gasteiger partial charge < -0.3 is 14.5 Å². The quantitative estimate of drug-likeness (QED) is 0.420. The normalized spacial score (nSPS) is 10.8. The Morgan fingerprint density at radius 2 is 1.79 bits per heavy atom. The van der Waals surface area contributed by atoms with Crippen LogP contribution in [-0.4, -0.2) is 18.5 Å². The fourth-order valence-electron chi connectivity index (χ4n) is 3.24. The molecule has 2 heterocycles. The first-order valence-corrected chi connectivity index (χ1v) is 10.1. The number of ether oxygens (including phenoxy) is 1. The lowest BCUT2D eigenvalue weighted by molar-refractivity contribution is 0.0529. The van der Waals surface area contributed by atoms with Gasteiger partial charge in [-0.1, -0.05) is 48.5 Å². The molecule has 2 aromatic heterocycles. The fraction of sp³-hybridized carbons (Fsp3) is 0.130. The minimum absolute atomic E-state index is 0.188. The average Bonchev–Trinajstić information content (AvgIpc) is 3.29. The van der Waals surface area contributed by atoms with Crippen LogP contribution in [0.1, 0.15) is 32.7 Å². The number of aryl methyl sites for hydroxylation is 1. The van der Waals surface area contributed by atoms with Gasteiger partial charge in [0, 0.05) is 15.8 Å². The summed E-state index contributed by atoms with van der Waals surface area (Å²) in [7, 11) is 0. The molecule has 0 fully saturated rings. The Morgan fingerprint density at radius 3 is 2.52 bits per heavy atom. The lowest BCUT2D eigenvalue weighted by Gasteiger charge is -2.08. The van der Waals surface area contributed by atoms with E-state index in [1.165, 1.54) is 11.3 Å². The van der Waals surface area contributed by atoms with Crippen molar-refractivity contribution in [2.24, 2.45) is 0 Å². The molecule has 0 aliphatic heterocycles. The summed E-state index contributed by atoms with van der Waals surface area (Å²) in [6.07, 6.45) is 0. The molecule has 0 aliphatic carbocycles. The highest BCUT2D eigenvalue weighted by Crippen LogP contribution is 2.40. The van der Waals surface area contributed by atoms with Crippen LogP contribution in [0.2, 0.25) is 0 Å². The van der Waals surface area contributed by atoms with E-state index in [0.29, 0.717) is 16.1 Å². The lowest BCUT2D eigenvalue weighted by Crippen LogP contribution is -2.14. The summed E-state index contributed by atoms with van der Waals surface area (Å²) in [6.45, 7) is 3.93. The number of nitrogens with one attached hydrogen (secondary N) is 1. The highest BCUT2D eigenvalue weighted by atomic mass is 32.1. The molecule has 0 atom stereocenters. The molecular formula is C23H19NO4S. The number of thiophene rings is 1. The molecule has 5 nitrogen and oxygen atoms in total. The Balaban J connectivity index is 1.74. The number of carbonyl (C=O) groups is 2. The van der Waals surface area contributed by atoms with E-state index in [4.69, 9.17) is 9.15 Å². The second-order valence-corrected chi connectivity index (χ2v) is 7.65. The van der Waals surface area contributed by atoms with Gasteiger partial charge >= 0.3 is 5.97 Å². The van der Waals surface area contributed by atoms with Crippen LogP contribution >= 0.6 is 11.3 Å². The second-order valence-electron chi connectivity index (χ2n) is 6.43. The van der Waals surface area contributed by atoms with E-state index in [-0.39, 0.29) is 12.4 Å². The Bertz CT molecular complexity index is 1160. The van der Waals surface area contributed by atoms with Gasteiger partial charge in [-0.25, -0.2) is 4.79 Å². The van der Waals surface area contributed by atoms with Crippen LogP contribution in [0.4, 0.5) is 5.00 Å². The zero-order valence-electron chi connectivity index (χ0n) is 16.0. The monoisotopic (exact) mass is 405 g/mol.